The summed E-state index contributed by atoms with van der Waals surface area (Å²) in [7, 11) is -0.963. The van der Waals surface area contributed by atoms with Gasteiger partial charge in [-0.3, -0.25) is 0 Å². The van der Waals surface area contributed by atoms with Crippen LogP contribution in [0, 0.1) is 11.7 Å². The van der Waals surface area contributed by atoms with Crippen molar-refractivity contribution >= 4 is 49.4 Å². The maximum atomic E-state index is 14.0. The molecular weight excluding hydrogens is 597 g/mol. The Bertz CT molecular complexity index is 1660. The van der Waals surface area contributed by atoms with Crippen molar-refractivity contribution in [3.63, 3.8) is 0 Å². The normalized spacial score (nSPS) is 15.1. The number of rotatable bonds is 11. The minimum Gasteiger partial charge on any atom is -0.497 e. The van der Waals surface area contributed by atoms with Gasteiger partial charge in [-0.05, 0) is 72.9 Å². The van der Waals surface area contributed by atoms with E-state index in [9.17, 15) is 12.8 Å². The summed E-state index contributed by atoms with van der Waals surface area (Å²) in [5, 5.41) is 5.74. The smallest absolute Gasteiger partial charge is 0.266 e. The van der Waals surface area contributed by atoms with E-state index in [2.05, 4.69) is 16.4 Å². The van der Waals surface area contributed by atoms with Crippen molar-refractivity contribution in [3.05, 3.63) is 100 Å². The molecule has 1 N–H and O–H groups in total. The van der Waals surface area contributed by atoms with Crippen LogP contribution in [0.4, 0.5) is 15.2 Å². The molecule has 7 nitrogen and oxygen atoms in total. The zero-order chi connectivity index (χ0) is 29.7. The highest BCUT2D eigenvalue weighted by Crippen LogP contribution is 2.36. The summed E-state index contributed by atoms with van der Waals surface area (Å²) in [6.07, 6.45) is 6.80. The van der Waals surface area contributed by atoms with Gasteiger partial charge < -0.3 is 14.8 Å². The molecular formula is C31H31ClFN3O4S2. The number of ether oxygens (including phenoxy) is 2. The quantitative estimate of drug-likeness (QED) is 0.184. The molecule has 0 saturated heterocycles. The van der Waals surface area contributed by atoms with Gasteiger partial charge >= 0.3 is 0 Å². The highest BCUT2D eigenvalue weighted by molar-refractivity contribution is 7.93. The van der Waals surface area contributed by atoms with Gasteiger partial charge in [0.25, 0.3) is 10.0 Å². The minimum absolute atomic E-state index is 0.000805. The zero-order valence-electron chi connectivity index (χ0n) is 23.2. The van der Waals surface area contributed by atoms with E-state index in [-0.39, 0.29) is 23.2 Å². The van der Waals surface area contributed by atoms with Crippen LogP contribution >= 0.6 is 22.9 Å². The van der Waals surface area contributed by atoms with Gasteiger partial charge in [0.1, 0.15) is 17.3 Å². The second-order valence-electron chi connectivity index (χ2n) is 9.82. The molecule has 0 aliphatic heterocycles. The van der Waals surface area contributed by atoms with Crippen LogP contribution in [-0.2, 0) is 16.6 Å². The molecule has 0 spiro atoms. The first-order valence-corrected chi connectivity index (χ1v) is 16.1. The van der Waals surface area contributed by atoms with Crippen LogP contribution < -0.4 is 19.1 Å². The van der Waals surface area contributed by atoms with Gasteiger partial charge in [-0.25, -0.2) is 22.1 Å². The number of benzene rings is 3. The van der Waals surface area contributed by atoms with Crippen molar-refractivity contribution in [1.29, 1.82) is 0 Å². The largest absolute Gasteiger partial charge is 0.497 e. The molecule has 1 aliphatic rings. The van der Waals surface area contributed by atoms with Crippen LogP contribution in [-0.4, -0.2) is 34.2 Å². The summed E-state index contributed by atoms with van der Waals surface area (Å²) in [6.45, 7) is 0.609. The van der Waals surface area contributed by atoms with Crippen LogP contribution in [0.1, 0.15) is 30.4 Å². The monoisotopic (exact) mass is 627 g/mol. The van der Waals surface area contributed by atoms with Crippen LogP contribution in [0.5, 0.6) is 11.5 Å². The zero-order valence-corrected chi connectivity index (χ0v) is 25.6. The maximum absolute atomic E-state index is 14.0. The number of sulfonamides is 1. The number of anilines is 2. The summed E-state index contributed by atoms with van der Waals surface area (Å²) >= 11 is 7.87. The summed E-state index contributed by atoms with van der Waals surface area (Å²) in [5.74, 6) is 1.05. The van der Waals surface area contributed by atoms with Crippen molar-refractivity contribution in [2.75, 3.05) is 30.4 Å². The number of halogens is 2. The van der Waals surface area contributed by atoms with Crippen LogP contribution in [0.3, 0.4) is 0 Å². The summed E-state index contributed by atoms with van der Waals surface area (Å²) in [6, 6.07) is 16.5. The molecule has 1 aliphatic carbocycles. The Morgan fingerprint density at radius 1 is 1.10 bits per heavy atom. The minimum atomic E-state index is -4.04. The number of allylic oxidation sites excluding steroid dienone is 1. The molecule has 0 saturated carbocycles. The second-order valence-corrected chi connectivity index (χ2v) is 13.0. The van der Waals surface area contributed by atoms with E-state index < -0.39 is 10.0 Å². The Hall–Kier alpha value is -3.60. The standard InChI is InChI=1S/C31H31ClFN3O4S2/c1-39-25-12-9-23(30(17-25)40-2)20-36(31-34-15-16-41-31)42(37,38)26-13-14-29(28(32)18-26)35-19-22-5-3-4-6-27(22)21-7-10-24(33)11-8-21/h6-18,22,35H,3-5,19-20H2,1-2H3. The first-order valence-electron chi connectivity index (χ1n) is 13.4. The highest BCUT2D eigenvalue weighted by Gasteiger charge is 2.29. The van der Waals surface area contributed by atoms with Gasteiger partial charge in [0, 0.05) is 35.7 Å². The van der Waals surface area contributed by atoms with E-state index in [1.807, 2.05) is 12.1 Å². The fourth-order valence-electron chi connectivity index (χ4n) is 5.04. The summed E-state index contributed by atoms with van der Waals surface area (Å²) in [4.78, 5) is 4.33. The van der Waals surface area contributed by atoms with Crippen molar-refractivity contribution in [3.8, 4) is 11.5 Å². The van der Waals surface area contributed by atoms with Gasteiger partial charge in [0.05, 0.1) is 36.4 Å². The van der Waals surface area contributed by atoms with Crippen molar-refractivity contribution in [2.45, 2.75) is 30.7 Å². The molecule has 0 fully saturated rings. The molecule has 11 heteroatoms. The van der Waals surface area contributed by atoms with E-state index >= 15 is 0 Å². The Labute approximate surface area is 254 Å². The Kier molecular flexibility index (Phi) is 9.35. The lowest BCUT2D eigenvalue weighted by molar-refractivity contribution is 0.391. The average Bonchev–Trinajstić information content (AvgIpc) is 3.54. The van der Waals surface area contributed by atoms with E-state index in [4.69, 9.17) is 21.1 Å². The summed E-state index contributed by atoms with van der Waals surface area (Å²) < 4.78 is 53.4. The molecule has 1 atom stereocenters. The third-order valence-electron chi connectivity index (χ3n) is 7.25. The molecule has 220 valence electrons. The number of hydrogen-bond donors (Lipinski definition) is 1. The Morgan fingerprint density at radius 2 is 1.90 bits per heavy atom. The number of methoxy groups -OCH3 is 2. The van der Waals surface area contributed by atoms with E-state index in [0.717, 1.165) is 24.8 Å². The molecule has 1 unspecified atom stereocenters. The lowest BCUT2D eigenvalue weighted by Gasteiger charge is -2.26. The molecule has 0 bridgehead atoms. The Balaban J connectivity index is 1.37. The Morgan fingerprint density at radius 3 is 2.60 bits per heavy atom. The molecule has 4 aromatic rings. The van der Waals surface area contributed by atoms with Gasteiger partial charge in [-0.1, -0.05) is 29.8 Å². The number of thiazole rings is 1. The summed E-state index contributed by atoms with van der Waals surface area (Å²) in [5.41, 5.74) is 3.47. The first-order chi connectivity index (χ1) is 20.3. The van der Waals surface area contributed by atoms with E-state index in [1.165, 1.54) is 46.5 Å². The molecule has 42 heavy (non-hydrogen) atoms. The fraction of sp³-hybridized carbons (Fsp3) is 0.258. The topological polar surface area (TPSA) is 80.8 Å². The third kappa shape index (κ3) is 6.56. The maximum Gasteiger partial charge on any atom is 0.266 e. The molecule has 0 radical (unpaired) electrons. The fourth-order valence-corrected chi connectivity index (χ4v) is 7.65. The van der Waals surface area contributed by atoms with Crippen LogP contribution in [0.15, 0.2) is 83.2 Å². The lowest BCUT2D eigenvalue weighted by Crippen LogP contribution is -2.30. The highest BCUT2D eigenvalue weighted by atomic mass is 35.5. The van der Waals surface area contributed by atoms with Crippen LogP contribution in [0.2, 0.25) is 5.02 Å². The number of aromatic nitrogens is 1. The molecule has 1 heterocycles. The SMILES string of the molecule is COc1ccc(CN(c2nccs2)S(=O)(=O)c2ccc(NCC3CCCC=C3c3ccc(F)cc3)c(Cl)c2)c(OC)c1. The number of nitrogens with one attached hydrogen (secondary N) is 1. The average molecular weight is 628 g/mol. The third-order valence-corrected chi connectivity index (χ3v) is 10.2. The molecule has 1 aromatic heterocycles. The lowest BCUT2D eigenvalue weighted by atomic mass is 9.83. The van der Waals surface area contributed by atoms with Gasteiger partial charge in [-0.15, -0.1) is 11.3 Å². The van der Waals surface area contributed by atoms with Crippen LogP contribution in [0.25, 0.3) is 5.57 Å². The van der Waals surface area contributed by atoms with Gasteiger partial charge in [-0.2, -0.15) is 0 Å². The van der Waals surface area contributed by atoms with Gasteiger partial charge in [0.2, 0.25) is 0 Å². The molecule has 5 rings (SSSR count). The molecule has 3 aromatic carbocycles. The second kappa shape index (κ2) is 13.1. The number of hydrogen-bond acceptors (Lipinski definition) is 7. The predicted octanol–water partition coefficient (Wildman–Crippen LogP) is 7.64. The van der Waals surface area contributed by atoms with E-state index in [1.54, 1.807) is 49.0 Å². The predicted molar refractivity (Wildman–Crippen MR) is 167 cm³/mol. The van der Waals surface area contributed by atoms with Gasteiger partial charge in [0.15, 0.2) is 5.13 Å². The van der Waals surface area contributed by atoms with Crippen molar-refractivity contribution < 1.29 is 22.3 Å². The van der Waals surface area contributed by atoms with Crippen molar-refractivity contribution in [1.82, 2.24) is 4.98 Å². The first kappa shape index (κ1) is 29.9. The van der Waals surface area contributed by atoms with E-state index in [0.29, 0.717) is 39.4 Å². The number of nitrogens with zero attached hydrogens (tertiary/aromatic N) is 2. The molecule has 0 amide bonds. The van der Waals surface area contributed by atoms with Crippen molar-refractivity contribution in [2.24, 2.45) is 5.92 Å².